The summed E-state index contributed by atoms with van der Waals surface area (Å²) >= 11 is 3.31. The van der Waals surface area contributed by atoms with Crippen LogP contribution in [0.2, 0.25) is 0 Å². The SMILES string of the molecule is CC(CN(O)C(=O)C=Cc1ccc(Br)cc1)NC(N)=O. The molecule has 3 amide bonds. The lowest BCUT2D eigenvalue weighted by Gasteiger charge is -2.18. The highest BCUT2D eigenvalue weighted by atomic mass is 79.9. The molecule has 1 unspecified atom stereocenters. The van der Waals surface area contributed by atoms with Gasteiger partial charge in [-0.25, -0.2) is 9.86 Å². The number of nitrogens with zero attached hydrogens (tertiary/aromatic N) is 1. The van der Waals surface area contributed by atoms with Gasteiger partial charge < -0.3 is 11.1 Å². The Bertz CT molecular complexity index is 502. The average Bonchev–Trinajstić information content (AvgIpc) is 2.36. The summed E-state index contributed by atoms with van der Waals surface area (Å²) in [6.45, 7) is 1.58. The smallest absolute Gasteiger partial charge is 0.312 e. The lowest BCUT2D eigenvalue weighted by Crippen LogP contribution is -2.44. The number of urea groups is 1. The van der Waals surface area contributed by atoms with Crippen LogP contribution in [0.25, 0.3) is 6.08 Å². The van der Waals surface area contributed by atoms with Crippen molar-refractivity contribution < 1.29 is 14.8 Å². The molecule has 1 atom stereocenters. The number of carbonyl (C=O) groups is 2. The van der Waals surface area contributed by atoms with E-state index < -0.39 is 18.0 Å². The van der Waals surface area contributed by atoms with Crippen molar-refractivity contribution in [1.82, 2.24) is 10.4 Å². The molecule has 0 aliphatic carbocycles. The summed E-state index contributed by atoms with van der Waals surface area (Å²) in [6, 6.07) is 6.20. The van der Waals surface area contributed by atoms with E-state index in [1.165, 1.54) is 6.08 Å². The van der Waals surface area contributed by atoms with Gasteiger partial charge in [0, 0.05) is 16.6 Å². The van der Waals surface area contributed by atoms with Crippen LogP contribution in [0.1, 0.15) is 12.5 Å². The fourth-order valence-corrected chi connectivity index (χ4v) is 1.73. The predicted molar refractivity (Wildman–Crippen MR) is 78.9 cm³/mol. The molecule has 0 aromatic heterocycles. The third kappa shape index (κ3) is 5.85. The molecule has 6 nitrogen and oxygen atoms in total. The monoisotopic (exact) mass is 341 g/mol. The number of primary amides is 1. The van der Waals surface area contributed by atoms with E-state index in [1.807, 2.05) is 24.3 Å². The minimum absolute atomic E-state index is 0.0492. The number of hydroxylamine groups is 2. The molecule has 20 heavy (non-hydrogen) atoms. The van der Waals surface area contributed by atoms with Gasteiger partial charge in [0.25, 0.3) is 5.91 Å². The zero-order valence-electron chi connectivity index (χ0n) is 10.9. The van der Waals surface area contributed by atoms with E-state index in [-0.39, 0.29) is 6.54 Å². The highest BCUT2D eigenvalue weighted by molar-refractivity contribution is 9.10. The molecule has 1 aromatic rings. The molecule has 0 aliphatic heterocycles. The summed E-state index contributed by atoms with van der Waals surface area (Å²) in [7, 11) is 0. The highest BCUT2D eigenvalue weighted by Crippen LogP contribution is 2.11. The number of amides is 3. The van der Waals surface area contributed by atoms with Crippen molar-refractivity contribution in [3.05, 3.63) is 40.4 Å². The van der Waals surface area contributed by atoms with Crippen LogP contribution in [0, 0.1) is 0 Å². The van der Waals surface area contributed by atoms with E-state index in [4.69, 9.17) is 5.73 Å². The maximum absolute atomic E-state index is 11.6. The Labute approximate surface area is 125 Å². The number of nitrogens with two attached hydrogens (primary N) is 1. The van der Waals surface area contributed by atoms with Crippen LogP contribution in [0.15, 0.2) is 34.8 Å². The van der Waals surface area contributed by atoms with Gasteiger partial charge in [0.05, 0.1) is 6.54 Å². The molecule has 0 aliphatic rings. The molecule has 0 spiro atoms. The van der Waals surface area contributed by atoms with Crippen molar-refractivity contribution in [3.63, 3.8) is 0 Å². The Morgan fingerprint density at radius 2 is 2.05 bits per heavy atom. The van der Waals surface area contributed by atoms with Gasteiger partial charge in [-0.15, -0.1) is 0 Å². The molecule has 0 saturated heterocycles. The summed E-state index contributed by atoms with van der Waals surface area (Å²) in [5.41, 5.74) is 5.77. The maximum Gasteiger partial charge on any atom is 0.312 e. The summed E-state index contributed by atoms with van der Waals surface area (Å²) in [4.78, 5) is 22.2. The standard InChI is InChI=1S/C13H16BrN3O3/c1-9(16-13(15)19)8-17(20)12(18)7-4-10-2-5-11(14)6-3-10/h2-7,9,20H,8H2,1H3,(H3,15,16,19). The van der Waals surface area contributed by atoms with Crippen molar-refractivity contribution in [2.75, 3.05) is 6.54 Å². The quantitative estimate of drug-likeness (QED) is 0.432. The Kier molecular flexibility index (Phi) is 6.20. The Morgan fingerprint density at radius 1 is 1.45 bits per heavy atom. The van der Waals surface area contributed by atoms with Crippen LogP contribution in [0.3, 0.4) is 0 Å². The molecule has 1 rings (SSSR count). The fraction of sp³-hybridized carbons (Fsp3) is 0.231. The number of halogens is 1. The molecular formula is C13H16BrN3O3. The van der Waals surface area contributed by atoms with Crippen LogP contribution < -0.4 is 11.1 Å². The summed E-state index contributed by atoms with van der Waals surface area (Å²) in [5.74, 6) is -0.578. The zero-order chi connectivity index (χ0) is 15.1. The molecule has 0 saturated carbocycles. The molecule has 7 heteroatoms. The largest absolute Gasteiger partial charge is 0.352 e. The third-order valence-electron chi connectivity index (χ3n) is 2.38. The van der Waals surface area contributed by atoms with Crippen molar-refractivity contribution >= 4 is 33.9 Å². The second-order valence-electron chi connectivity index (χ2n) is 4.21. The van der Waals surface area contributed by atoms with Crippen molar-refractivity contribution in [2.24, 2.45) is 5.73 Å². The maximum atomic E-state index is 11.6. The second kappa shape index (κ2) is 7.66. The van der Waals surface area contributed by atoms with Crippen LogP contribution >= 0.6 is 15.9 Å². The third-order valence-corrected chi connectivity index (χ3v) is 2.91. The number of rotatable bonds is 5. The Hall–Kier alpha value is -1.86. The molecule has 108 valence electrons. The molecule has 0 heterocycles. The summed E-state index contributed by atoms with van der Waals surface area (Å²) < 4.78 is 0.941. The first kappa shape index (κ1) is 16.2. The Morgan fingerprint density at radius 3 is 2.60 bits per heavy atom. The summed E-state index contributed by atoms with van der Waals surface area (Å²) in [6.07, 6.45) is 2.84. The van der Waals surface area contributed by atoms with Gasteiger partial charge in [0.1, 0.15) is 0 Å². The Balaban J connectivity index is 2.52. The van der Waals surface area contributed by atoms with Gasteiger partial charge in [0.2, 0.25) is 0 Å². The first-order valence-corrected chi connectivity index (χ1v) is 6.68. The lowest BCUT2D eigenvalue weighted by atomic mass is 10.2. The van der Waals surface area contributed by atoms with Gasteiger partial charge >= 0.3 is 6.03 Å². The van der Waals surface area contributed by atoms with E-state index in [2.05, 4.69) is 21.2 Å². The van der Waals surface area contributed by atoms with E-state index in [1.54, 1.807) is 13.0 Å². The number of nitrogens with one attached hydrogen (secondary N) is 1. The first-order valence-electron chi connectivity index (χ1n) is 5.88. The van der Waals surface area contributed by atoms with Crippen LogP contribution in [-0.4, -0.2) is 34.8 Å². The zero-order valence-corrected chi connectivity index (χ0v) is 12.5. The van der Waals surface area contributed by atoms with Gasteiger partial charge in [-0.2, -0.15) is 0 Å². The number of carbonyl (C=O) groups excluding carboxylic acids is 2. The van der Waals surface area contributed by atoms with E-state index in [0.717, 1.165) is 10.0 Å². The van der Waals surface area contributed by atoms with Gasteiger partial charge in [-0.3, -0.25) is 10.0 Å². The second-order valence-corrected chi connectivity index (χ2v) is 5.13. The number of benzene rings is 1. The van der Waals surface area contributed by atoms with Crippen molar-refractivity contribution in [1.29, 1.82) is 0 Å². The molecule has 0 bridgehead atoms. The van der Waals surface area contributed by atoms with Crippen LogP contribution in [-0.2, 0) is 4.79 Å². The van der Waals surface area contributed by atoms with Gasteiger partial charge in [-0.1, -0.05) is 28.1 Å². The molecule has 4 N–H and O–H groups in total. The van der Waals surface area contributed by atoms with Crippen molar-refractivity contribution in [3.8, 4) is 0 Å². The fourth-order valence-electron chi connectivity index (χ4n) is 1.47. The van der Waals surface area contributed by atoms with E-state index in [0.29, 0.717) is 5.06 Å². The molecule has 1 aromatic carbocycles. The summed E-state index contributed by atoms with van der Waals surface area (Å²) in [5, 5.41) is 12.4. The van der Waals surface area contributed by atoms with Crippen LogP contribution in [0.5, 0.6) is 0 Å². The average molecular weight is 342 g/mol. The van der Waals surface area contributed by atoms with Gasteiger partial charge in [-0.05, 0) is 30.7 Å². The first-order chi connectivity index (χ1) is 9.38. The highest BCUT2D eigenvalue weighted by Gasteiger charge is 2.12. The predicted octanol–water partition coefficient (Wildman–Crippen LogP) is 1.74. The van der Waals surface area contributed by atoms with Gasteiger partial charge in [0.15, 0.2) is 0 Å². The number of hydrogen-bond donors (Lipinski definition) is 3. The van der Waals surface area contributed by atoms with E-state index in [9.17, 15) is 14.8 Å². The topological polar surface area (TPSA) is 95.7 Å². The molecule has 0 fully saturated rings. The number of hydrogen-bond acceptors (Lipinski definition) is 3. The molecule has 0 radical (unpaired) electrons. The van der Waals surface area contributed by atoms with Crippen molar-refractivity contribution in [2.45, 2.75) is 13.0 Å². The van der Waals surface area contributed by atoms with Crippen LogP contribution in [0.4, 0.5) is 4.79 Å². The molecular weight excluding hydrogens is 326 g/mol. The minimum Gasteiger partial charge on any atom is -0.352 e. The van der Waals surface area contributed by atoms with E-state index >= 15 is 0 Å². The lowest BCUT2D eigenvalue weighted by molar-refractivity contribution is -0.160. The minimum atomic E-state index is -0.705. The normalized spacial score (nSPS) is 12.2.